The summed E-state index contributed by atoms with van der Waals surface area (Å²) < 4.78 is 5.15. The standard InChI is InChI=1S/C15H16ClN3O2/c16-12-7-5-10(6-8-12)14-18-13(21-19-14)9-17-15(20)11-3-1-2-4-11/h5-8,11H,1-4,9H2,(H,17,20). The first-order chi connectivity index (χ1) is 10.2. The molecule has 1 saturated carbocycles. The van der Waals surface area contributed by atoms with E-state index in [0.29, 0.717) is 16.7 Å². The summed E-state index contributed by atoms with van der Waals surface area (Å²) in [6.45, 7) is 0.274. The second-order valence-corrected chi connectivity index (χ2v) is 5.65. The van der Waals surface area contributed by atoms with Crippen molar-refractivity contribution >= 4 is 17.5 Å². The van der Waals surface area contributed by atoms with E-state index in [4.69, 9.17) is 16.1 Å². The molecule has 0 spiro atoms. The number of hydrogen-bond acceptors (Lipinski definition) is 4. The molecule has 0 radical (unpaired) electrons. The highest BCUT2D eigenvalue weighted by molar-refractivity contribution is 6.30. The molecule has 1 fully saturated rings. The van der Waals surface area contributed by atoms with Gasteiger partial charge in [0.25, 0.3) is 0 Å². The Hall–Kier alpha value is -1.88. The van der Waals surface area contributed by atoms with Crippen LogP contribution in [0.2, 0.25) is 5.02 Å². The maximum absolute atomic E-state index is 11.9. The molecule has 0 bridgehead atoms. The molecule has 1 aromatic heterocycles. The summed E-state index contributed by atoms with van der Waals surface area (Å²) in [5.41, 5.74) is 0.830. The van der Waals surface area contributed by atoms with E-state index in [1.54, 1.807) is 12.1 Å². The zero-order valence-electron chi connectivity index (χ0n) is 11.5. The molecule has 1 N–H and O–H groups in total. The summed E-state index contributed by atoms with van der Waals surface area (Å²) in [6.07, 6.45) is 4.23. The molecule has 0 aliphatic heterocycles. The van der Waals surface area contributed by atoms with Crippen molar-refractivity contribution in [2.24, 2.45) is 5.92 Å². The van der Waals surface area contributed by atoms with Gasteiger partial charge in [0, 0.05) is 16.5 Å². The summed E-state index contributed by atoms with van der Waals surface area (Å²) in [6, 6.07) is 7.20. The second kappa shape index (κ2) is 6.26. The molecule has 2 aromatic rings. The first-order valence-electron chi connectivity index (χ1n) is 7.08. The van der Waals surface area contributed by atoms with Gasteiger partial charge in [0.05, 0.1) is 6.54 Å². The predicted molar refractivity (Wildman–Crippen MR) is 78.5 cm³/mol. The third-order valence-electron chi connectivity index (χ3n) is 3.71. The lowest BCUT2D eigenvalue weighted by Crippen LogP contribution is -2.28. The highest BCUT2D eigenvalue weighted by Gasteiger charge is 2.22. The summed E-state index contributed by atoms with van der Waals surface area (Å²) in [4.78, 5) is 16.2. The van der Waals surface area contributed by atoms with Gasteiger partial charge in [-0.15, -0.1) is 0 Å². The van der Waals surface area contributed by atoms with Gasteiger partial charge >= 0.3 is 0 Å². The van der Waals surface area contributed by atoms with Crippen molar-refractivity contribution in [1.29, 1.82) is 0 Å². The fourth-order valence-corrected chi connectivity index (χ4v) is 2.66. The largest absolute Gasteiger partial charge is 0.347 e. The molecule has 5 nitrogen and oxygen atoms in total. The SMILES string of the molecule is O=C(NCc1nc(-c2ccc(Cl)cc2)no1)C1CCCC1. The molecular weight excluding hydrogens is 290 g/mol. The van der Waals surface area contributed by atoms with Crippen LogP contribution in [0.25, 0.3) is 11.4 Å². The van der Waals surface area contributed by atoms with Gasteiger partial charge in [0.1, 0.15) is 0 Å². The maximum atomic E-state index is 11.9. The molecule has 1 aliphatic carbocycles. The molecule has 6 heteroatoms. The van der Waals surface area contributed by atoms with Gasteiger partial charge in [-0.25, -0.2) is 0 Å². The van der Waals surface area contributed by atoms with Gasteiger partial charge < -0.3 is 9.84 Å². The fraction of sp³-hybridized carbons (Fsp3) is 0.400. The Labute approximate surface area is 127 Å². The Morgan fingerprint density at radius 3 is 2.71 bits per heavy atom. The molecule has 21 heavy (non-hydrogen) atoms. The van der Waals surface area contributed by atoms with Crippen LogP contribution in [0.5, 0.6) is 0 Å². The molecule has 1 aromatic carbocycles. The van der Waals surface area contributed by atoms with Crippen LogP contribution in [-0.2, 0) is 11.3 Å². The van der Waals surface area contributed by atoms with E-state index >= 15 is 0 Å². The molecule has 0 saturated heterocycles. The predicted octanol–water partition coefficient (Wildman–Crippen LogP) is 3.20. The molecule has 1 heterocycles. The van der Waals surface area contributed by atoms with E-state index in [1.165, 1.54) is 0 Å². The average Bonchev–Trinajstić information content (AvgIpc) is 3.17. The van der Waals surface area contributed by atoms with Crippen LogP contribution in [0.1, 0.15) is 31.6 Å². The average molecular weight is 306 g/mol. The fourth-order valence-electron chi connectivity index (χ4n) is 2.54. The number of aromatic nitrogens is 2. The highest BCUT2D eigenvalue weighted by atomic mass is 35.5. The molecule has 0 atom stereocenters. The number of hydrogen-bond donors (Lipinski definition) is 1. The lowest BCUT2D eigenvalue weighted by atomic mass is 10.1. The van der Waals surface area contributed by atoms with E-state index in [1.807, 2.05) is 12.1 Å². The first-order valence-corrected chi connectivity index (χ1v) is 7.46. The lowest BCUT2D eigenvalue weighted by Gasteiger charge is -2.07. The summed E-state index contributed by atoms with van der Waals surface area (Å²) in [5.74, 6) is 1.13. The molecular formula is C15H16ClN3O2. The Kier molecular flexibility index (Phi) is 4.20. The highest BCUT2D eigenvalue weighted by Crippen LogP contribution is 2.24. The van der Waals surface area contributed by atoms with E-state index in [9.17, 15) is 4.79 Å². The summed E-state index contributed by atoms with van der Waals surface area (Å²) >= 11 is 5.84. The van der Waals surface area contributed by atoms with E-state index < -0.39 is 0 Å². The molecule has 3 rings (SSSR count). The van der Waals surface area contributed by atoms with Gasteiger partial charge in [-0.1, -0.05) is 29.6 Å². The third-order valence-corrected chi connectivity index (χ3v) is 3.96. The number of benzene rings is 1. The molecule has 110 valence electrons. The zero-order chi connectivity index (χ0) is 14.7. The quantitative estimate of drug-likeness (QED) is 0.942. The Balaban J connectivity index is 1.60. The number of nitrogens with zero attached hydrogens (tertiary/aromatic N) is 2. The normalized spacial score (nSPS) is 15.3. The third kappa shape index (κ3) is 3.42. The van der Waals surface area contributed by atoms with Crippen LogP contribution in [0.4, 0.5) is 0 Å². The number of nitrogens with one attached hydrogen (secondary N) is 1. The number of halogens is 1. The second-order valence-electron chi connectivity index (χ2n) is 5.22. The molecule has 1 amide bonds. The van der Waals surface area contributed by atoms with Gasteiger partial charge in [-0.3, -0.25) is 4.79 Å². The van der Waals surface area contributed by atoms with Crippen molar-refractivity contribution in [3.8, 4) is 11.4 Å². The van der Waals surface area contributed by atoms with Gasteiger partial charge in [0.2, 0.25) is 17.6 Å². The van der Waals surface area contributed by atoms with E-state index in [0.717, 1.165) is 31.2 Å². The van der Waals surface area contributed by atoms with Gasteiger partial charge in [0.15, 0.2) is 0 Å². The zero-order valence-corrected chi connectivity index (χ0v) is 12.3. The lowest BCUT2D eigenvalue weighted by molar-refractivity contribution is -0.125. The van der Waals surface area contributed by atoms with Crippen LogP contribution < -0.4 is 5.32 Å². The van der Waals surface area contributed by atoms with Gasteiger partial charge in [-0.2, -0.15) is 4.98 Å². The minimum Gasteiger partial charge on any atom is -0.347 e. The van der Waals surface area contributed by atoms with Crippen molar-refractivity contribution in [1.82, 2.24) is 15.5 Å². The van der Waals surface area contributed by atoms with Crippen molar-refractivity contribution in [2.45, 2.75) is 32.2 Å². The number of rotatable bonds is 4. The Morgan fingerprint density at radius 2 is 2.00 bits per heavy atom. The van der Waals surface area contributed by atoms with Crippen molar-refractivity contribution in [2.75, 3.05) is 0 Å². The number of carbonyl (C=O) groups excluding carboxylic acids is 1. The first kappa shape index (κ1) is 14.1. The number of amides is 1. The van der Waals surface area contributed by atoms with Crippen LogP contribution in [-0.4, -0.2) is 16.0 Å². The summed E-state index contributed by atoms with van der Waals surface area (Å²) in [5, 5.41) is 7.43. The van der Waals surface area contributed by atoms with Crippen molar-refractivity contribution in [3.63, 3.8) is 0 Å². The summed E-state index contributed by atoms with van der Waals surface area (Å²) in [7, 11) is 0. The number of carbonyl (C=O) groups is 1. The van der Waals surface area contributed by atoms with Crippen molar-refractivity contribution in [3.05, 3.63) is 35.2 Å². The minimum atomic E-state index is 0.0822. The molecule has 0 unspecified atom stereocenters. The van der Waals surface area contributed by atoms with E-state index in [2.05, 4.69) is 15.5 Å². The van der Waals surface area contributed by atoms with Crippen LogP contribution in [0, 0.1) is 5.92 Å². The molecule has 1 aliphatic rings. The van der Waals surface area contributed by atoms with Crippen molar-refractivity contribution < 1.29 is 9.32 Å². The van der Waals surface area contributed by atoms with Crippen LogP contribution in [0.3, 0.4) is 0 Å². The Morgan fingerprint density at radius 1 is 1.29 bits per heavy atom. The smallest absolute Gasteiger partial charge is 0.246 e. The monoisotopic (exact) mass is 305 g/mol. The topological polar surface area (TPSA) is 68.0 Å². The Bertz CT molecular complexity index is 618. The van der Waals surface area contributed by atoms with Crippen LogP contribution in [0.15, 0.2) is 28.8 Å². The van der Waals surface area contributed by atoms with Gasteiger partial charge in [-0.05, 0) is 37.1 Å². The van der Waals surface area contributed by atoms with Crippen LogP contribution >= 0.6 is 11.6 Å². The maximum Gasteiger partial charge on any atom is 0.246 e. The minimum absolute atomic E-state index is 0.0822. The van der Waals surface area contributed by atoms with E-state index in [-0.39, 0.29) is 18.4 Å².